The maximum atomic E-state index is 11.8. The maximum absolute atomic E-state index is 11.8. The van der Waals surface area contributed by atoms with Gasteiger partial charge in [0.15, 0.2) is 11.5 Å². The molecule has 0 aliphatic carbocycles. The van der Waals surface area contributed by atoms with E-state index in [1.54, 1.807) is 19.3 Å². The molecule has 0 N–H and O–H groups in total. The fourth-order valence-electron chi connectivity index (χ4n) is 1.70. The number of esters is 1. The lowest BCUT2D eigenvalue weighted by Crippen LogP contribution is -2.10. The van der Waals surface area contributed by atoms with E-state index >= 15 is 0 Å². The Hall–Kier alpha value is -1.81. The van der Waals surface area contributed by atoms with Gasteiger partial charge in [0.2, 0.25) is 0 Å². The number of benzene rings is 1. The van der Waals surface area contributed by atoms with Gasteiger partial charge in [0.05, 0.1) is 0 Å². The van der Waals surface area contributed by atoms with E-state index in [0.717, 1.165) is 18.4 Å². The number of carbonyl (C=O) groups is 1. The Morgan fingerprint density at radius 3 is 2.85 bits per heavy atom. The molecule has 20 heavy (non-hydrogen) atoms. The molecule has 0 spiro atoms. The molecule has 0 aromatic heterocycles. The predicted octanol–water partition coefficient (Wildman–Crippen LogP) is 3.28. The van der Waals surface area contributed by atoms with Crippen LogP contribution in [0.2, 0.25) is 0 Å². The van der Waals surface area contributed by atoms with E-state index in [0.29, 0.717) is 31.1 Å². The van der Waals surface area contributed by atoms with Crippen LogP contribution in [-0.4, -0.2) is 26.3 Å². The number of hydrogen-bond donors (Lipinski definition) is 0. The average Bonchev–Trinajstić information content (AvgIpc) is 2.44. The molecular weight excluding hydrogens is 256 g/mol. The highest BCUT2D eigenvalue weighted by molar-refractivity contribution is 5.73. The van der Waals surface area contributed by atoms with Crippen molar-refractivity contribution in [3.05, 3.63) is 36.4 Å². The highest BCUT2D eigenvalue weighted by Crippen LogP contribution is 2.31. The summed E-state index contributed by atoms with van der Waals surface area (Å²) in [5, 5.41) is 0. The Kier molecular flexibility index (Phi) is 7.43. The van der Waals surface area contributed by atoms with Crippen molar-refractivity contribution in [3.63, 3.8) is 0 Å². The van der Waals surface area contributed by atoms with Crippen LogP contribution in [0.4, 0.5) is 0 Å². The monoisotopic (exact) mass is 278 g/mol. The van der Waals surface area contributed by atoms with Crippen LogP contribution in [-0.2, 0) is 9.53 Å². The van der Waals surface area contributed by atoms with Crippen molar-refractivity contribution < 1.29 is 19.0 Å². The molecule has 0 saturated heterocycles. The van der Waals surface area contributed by atoms with Gasteiger partial charge in [-0.05, 0) is 31.4 Å². The minimum atomic E-state index is -0.251. The van der Waals surface area contributed by atoms with Gasteiger partial charge in [0.25, 0.3) is 0 Å². The van der Waals surface area contributed by atoms with Crippen LogP contribution in [0.1, 0.15) is 24.8 Å². The van der Waals surface area contributed by atoms with E-state index in [2.05, 4.69) is 6.58 Å². The lowest BCUT2D eigenvalue weighted by molar-refractivity contribution is -0.134. The molecule has 0 bridgehead atoms. The second-order valence-corrected chi connectivity index (χ2v) is 4.43. The van der Waals surface area contributed by atoms with E-state index in [-0.39, 0.29) is 5.97 Å². The molecule has 1 rings (SSSR count). The topological polar surface area (TPSA) is 44.8 Å². The number of carbonyl (C=O) groups excluding carboxylic acids is 1. The molecule has 110 valence electrons. The fourth-order valence-corrected chi connectivity index (χ4v) is 1.70. The molecule has 1 aromatic rings. The Bertz CT molecular complexity index is 440. The smallest absolute Gasteiger partial charge is 0.311 e. The van der Waals surface area contributed by atoms with Crippen molar-refractivity contribution in [2.75, 3.05) is 20.3 Å². The minimum absolute atomic E-state index is 0.251. The van der Waals surface area contributed by atoms with Gasteiger partial charge in [-0.15, -0.1) is 0 Å². The summed E-state index contributed by atoms with van der Waals surface area (Å²) < 4.78 is 15.9. The van der Waals surface area contributed by atoms with Crippen LogP contribution < -0.4 is 9.47 Å². The number of hydrogen-bond acceptors (Lipinski definition) is 4. The Labute approximate surface area is 120 Å². The maximum Gasteiger partial charge on any atom is 0.311 e. The number of rotatable bonds is 9. The van der Waals surface area contributed by atoms with Gasteiger partial charge < -0.3 is 14.2 Å². The number of methoxy groups -OCH3 is 1. The summed E-state index contributed by atoms with van der Waals surface area (Å²) in [6, 6.07) is 5.53. The van der Waals surface area contributed by atoms with Gasteiger partial charge in [-0.3, -0.25) is 4.79 Å². The number of para-hydroxylation sites is 1. The third kappa shape index (κ3) is 5.45. The fraction of sp³-hybridized carbons (Fsp3) is 0.438. The van der Waals surface area contributed by atoms with Crippen molar-refractivity contribution in [1.82, 2.24) is 0 Å². The van der Waals surface area contributed by atoms with Gasteiger partial charge in [-0.1, -0.05) is 24.8 Å². The lowest BCUT2D eigenvalue weighted by Gasteiger charge is -2.12. The molecule has 0 unspecified atom stereocenters. The van der Waals surface area contributed by atoms with Crippen molar-refractivity contribution in [1.29, 1.82) is 0 Å². The molecule has 0 radical (unpaired) electrons. The van der Waals surface area contributed by atoms with E-state index < -0.39 is 0 Å². The molecule has 0 amide bonds. The number of unbranched alkanes of at least 4 members (excludes halogenated alkanes) is 1. The Morgan fingerprint density at radius 1 is 1.35 bits per heavy atom. The largest absolute Gasteiger partial charge is 0.486 e. The van der Waals surface area contributed by atoms with Crippen molar-refractivity contribution >= 4 is 5.97 Å². The van der Waals surface area contributed by atoms with Crippen LogP contribution in [0, 0.1) is 6.92 Å². The standard InChI is InChI=1S/C16H22O4/c1-4-11-19-14-9-7-8-13(2)16(14)20-15(17)10-5-6-12-18-3/h4,7-9H,1,5-6,10-12H2,2-3H3. The summed E-state index contributed by atoms with van der Waals surface area (Å²) in [6.07, 6.45) is 3.62. The Balaban J connectivity index is 2.60. The van der Waals surface area contributed by atoms with Crippen LogP contribution in [0.15, 0.2) is 30.9 Å². The summed E-state index contributed by atoms with van der Waals surface area (Å²) in [5.41, 5.74) is 0.872. The van der Waals surface area contributed by atoms with E-state index in [1.165, 1.54) is 0 Å². The van der Waals surface area contributed by atoms with Crippen molar-refractivity contribution in [2.24, 2.45) is 0 Å². The first kappa shape index (κ1) is 16.2. The SMILES string of the molecule is C=CCOc1cccc(C)c1OC(=O)CCCCOC. The van der Waals surface area contributed by atoms with Gasteiger partial charge in [0, 0.05) is 20.1 Å². The first-order chi connectivity index (χ1) is 9.69. The zero-order valence-electron chi connectivity index (χ0n) is 12.2. The molecular formula is C16H22O4. The minimum Gasteiger partial charge on any atom is -0.486 e. The van der Waals surface area contributed by atoms with Crippen LogP contribution in [0.25, 0.3) is 0 Å². The van der Waals surface area contributed by atoms with E-state index in [4.69, 9.17) is 14.2 Å². The number of aryl methyl sites for hydroxylation is 1. The lowest BCUT2D eigenvalue weighted by atomic mass is 10.2. The molecule has 0 aliphatic rings. The third-order valence-electron chi connectivity index (χ3n) is 2.73. The van der Waals surface area contributed by atoms with Crippen LogP contribution >= 0.6 is 0 Å². The predicted molar refractivity (Wildman–Crippen MR) is 78.2 cm³/mol. The van der Waals surface area contributed by atoms with Gasteiger partial charge in [0.1, 0.15) is 6.61 Å². The summed E-state index contributed by atoms with van der Waals surface area (Å²) in [7, 11) is 1.65. The quantitative estimate of drug-likeness (QED) is 0.301. The van der Waals surface area contributed by atoms with Crippen LogP contribution in [0.5, 0.6) is 11.5 Å². The summed E-state index contributed by atoms with van der Waals surface area (Å²) in [5.74, 6) is 0.806. The molecule has 0 heterocycles. The zero-order chi connectivity index (χ0) is 14.8. The van der Waals surface area contributed by atoms with Gasteiger partial charge >= 0.3 is 5.97 Å². The highest BCUT2D eigenvalue weighted by atomic mass is 16.6. The highest BCUT2D eigenvalue weighted by Gasteiger charge is 2.12. The Morgan fingerprint density at radius 2 is 2.15 bits per heavy atom. The van der Waals surface area contributed by atoms with Crippen molar-refractivity contribution in [3.8, 4) is 11.5 Å². The molecule has 0 saturated carbocycles. The summed E-state index contributed by atoms with van der Waals surface area (Å²) in [4.78, 5) is 11.8. The molecule has 4 heteroatoms. The summed E-state index contributed by atoms with van der Waals surface area (Å²) in [6.45, 7) is 6.52. The average molecular weight is 278 g/mol. The second-order valence-electron chi connectivity index (χ2n) is 4.43. The molecule has 0 aliphatic heterocycles. The van der Waals surface area contributed by atoms with Gasteiger partial charge in [-0.25, -0.2) is 0 Å². The summed E-state index contributed by atoms with van der Waals surface area (Å²) >= 11 is 0. The first-order valence-corrected chi connectivity index (χ1v) is 6.72. The molecule has 0 atom stereocenters. The molecule has 4 nitrogen and oxygen atoms in total. The van der Waals surface area contributed by atoms with Crippen LogP contribution in [0.3, 0.4) is 0 Å². The second kappa shape index (κ2) is 9.15. The normalized spacial score (nSPS) is 10.1. The molecule has 0 fully saturated rings. The van der Waals surface area contributed by atoms with Crippen molar-refractivity contribution in [2.45, 2.75) is 26.2 Å². The third-order valence-corrected chi connectivity index (χ3v) is 2.73. The molecule has 1 aromatic carbocycles. The van der Waals surface area contributed by atoms with E-state index in [1.807, 2.05) is 19.1 Å². The van der Waals surface area contributed by atoms with E-state index in [9.17, 15) is 4.79 Å². The zero-order valence-corrected chi connectivity index (χ0v) is 12.2. The number of ether oxygens (including phenoxy) is 3. The first-order valence-electron chi connectivity index (χ1n) is 6.72. The van der Waals surface area contributed by atoms with Gasteiger partial charge in [-0.2, -0.15) is 0 Å².